The summed E-state index contributed by atoms with van der Waals surface area (Å²) in [6.07, 6.45) is 10.2. The lowest BCUT2D eigenvalue weighted by Gasteiger charge is -2.45. The number of para-hydroxylation sites is 2. The van der Waals surface area contributed by atoms with Crippen molar-refractivity contribution in [1.82, 2.24) is 44.8 Å². The number of fused-ring (bicyclic) bond motifs is 2. The molecule has 9 rings (SSSR count). The van der Waals surface area contributed by atoms with Crippen LogP contribution in [0.4, 0.5) is 11.4 Å². The molecule has 3 atom stereocenters. The molecule has 3 unspecified atom stereocenters. The molecule has 4 amide bonds. The molecule has 0 bridgehead atoms. The summed E-state index contributed by atoms with van der Waals surface area (Å²) >= 11 is 10.0. The number of likely N-dealkylation sites (N-methyl/N-ethyl adjacent to an activating group) is 2. The summed E-state index contributed by atoms with van der Waals surface area (Å²) in [4.78, 5) is 97.4. The van der Waals surface area contributed by atoms with Gasteiger partial charge in [0, 0.05) is 117 Å². The summed E-state index contributed by atoms with van der Waals surface area (Å²) in [6, 6.07) is 26.2. The van der Waals surface area contributed by atoms with Gasteiger partial charge in [0.05, 0.1) is 47.5 Å². The van der Waals surface area contributed by atoms with Gasteiger partial charge in [-0.25, -0.2) is 0 Å². The Balaban J connectivity index is 0.000000222. The van der Waals surface area contributed by atoms with Crippen LogP contribution in [0.25, 0.3) is 0 Å². The zero-order valence-electron chi connectivity index (χ0n) is 41.3. The smallest absolute Gasteiger partial charge is 0.274 e. The molecule has 0 radical (unpaired) electrons. The third-order valence-electron chi connectivity index (χ3n) is 13.6. The van der Waals surface area contributed by atoms with Crippen LogP contribution < -0.4 is 5.32 Å². The number of halogens is 2. The minimum absolute atomic E-state index is 0.0281. The van der Waals surface area contributed by atoms with E-state index in [1.165, 1.54) is 21.9 Å². The second kappa shape index (κ2) is 24.7. The zero-order chi connectivity index (χ0) is 53.2. The largest absolute Gasteiger partial charge is 0.339 e. The Labute approximate surface area is 446 Å². The van der Waals surface area contributed by atoms with E-state index in [1.54, 1.807) is 103 Å². The Hall–Kier alpha value is -7.52. The number of rotatable bonds is 13. The number of hydrogen-bond donors (Lipinski definition) is 1. The fourth-order valence-electron chi connectivity index (χ4n) is 9.93. The molecule has 0 saturated carbocycles. The fraction of sp³-hybridized carbons (Fsp3) is 0.315. The van der Waals surface area contributed by atoms with Gasteiger partial charge in [-0.2, -0.15) is 0 Å². The molecule has 2 fully saturated rings. The topological polar surface area (TPSA) is 221 Å². The number of nitro benzene ring substituents is 2. The number of piperazine rings is 2. The van der Waals surface area contributed by atoms with Crippen LogP contribution in [0.15, 0.2) is 133 Å². The quantitative estimate of drug-likeness (QED) is 0.0979. The SMILES string of the molecule is CN(Cc1ccccc1[N+](=O)[O-])C(=O)C1CN(C2c3ccc(Cl)cc3CCc3cc(Br)cnc32)CCN1C(=O)Cc1cccnc1.CN(Cc1ccccc1[N+](=O)[O-])C(=O)C1CNCCN1C(=O)Cc1cccnc1. The highest BCUT2D eigenvalue weighted by atomic mass is 79.9. The van der Waals surface area contributed by atoms with Crippen molar-refractivity contribution in [1.29, 1.82) is 0 Å². The van der Waals surface area contributed by atoms with E-state index >= 15 is 0 Å². The first-order valence-corrected chi connectivity index (χ1v) is 25.5. The maximum absolute atomic E-state index is 14.3. The van der Waals surface area contributed by atoms with Gasteiger partial charge in [0.1, 0.15) is 12.1 Å². The van der Waals surface area contributed by atoms with E-state index in [2.05, 4.69) is 42.2 Å². The van der Waals surface area contributed by atoms with Crippen molar-refractivity contribution in [3.63, 3.8) is 0 Å². The summed E-state index contributed by atoms with van der Waals surface area (Å²) in [6.45, 7) is 2.59. The number of nitrogens with zero attached hydrogens (tertiary/aromatic N) is 10. The normalized spacial score (nSPS) is 17.3. The van der Waals surface area contributed by atoms with Gasteiger partial charge < -0.3 is 24.9 Å². The number of carbonyl (C=O) groups is 4. The van der Waals surface area contributed by atoms with Gasteiger partial charge >= 0.3 is 0 Å². The Kier molecular flexibility index (Phi) is 17.7. The minimum atomic E-state index is -0.830. The number of benzene rings is 3. The molecule has 5 heterocycles. The summed E-state index contributed by atoms with van der Waals surface area (Å²) < 4.78 is 0.893. The minimum Gasteiger partial charge on any atom is -0.339 e. The predicted octanol–water partition coefficient (Wildman–Crippen LogP) is 6.39. The molecule has 388 valence electrons. The first kappa shape index (κ1) is 53.8. The van der Waals surface area contributed by atoms with Gasteiger partial charge in [-0.15, -0.1) is 0 Å². The molecule has 21 heteroatoms. The van der Waals surface area contributed by atoms with Gasteiger partial charge in [-0.05, 0) is 86.9 Å². The Morgan fingerprint density at radius 2 is 1.27 bits per heavy atom. The number of aryl methyl sites for hydroxylation is 2. The Bertz CT molecular complexity index is 3010. The summed E-state index contributed by atoms with van der Waals surface area (Å²) in [5.41, 5.74) is 6.55. The number of amides is 4. The number of carbonyl (C=O) groups excluding carboxylic acids is 4. The monoisotopic (exact) mass is 1100 g/mol. The molecule has 75 heavy (non-hydrogen) atoms. The molecular weight excluding hydrogens is 1050 g/mol. The highest BCUT2D eigenvalue weighted by Crippen LogP contribution is 2.39. The zero-order valence-corrected chi connectivity index (χ0v) is 43.7. The standard InChI is InChI=1S/C34H32BrClN6O4.C20H23N5O4/c1-39(20-25-6-2-3-7-29(25)42(45)46)34(44)30-21-40(13-14-41(30)31(43)15-22-5-4-12-37-18-22)33-28-11-10-27(36)17-23(28)8-9-24-16-26(35)19-38-32(24)33;1-23(14-16-6-2-3-7-17(16)25(28)29)20(27)18-13-22-9-10-24(18)19(26)11-15-5-4-8-21-12-15/h2-7,10-12,16-19,30,33H,8-9,13-15,20-21H2,1H3;2-8,12,18,22H,9-11,13-14H2,1H3. The molecule has 0 spiro atoms. The predicted molar refractivity (Wildman–Crippen MR) is 283 cm³/mol. The van der Waals surface area contributed by atoms with Gasteiger partial charge in [-0.3, -0.25) is 59.3 Å². The third kappa shape index (κ3) is 13.1. The second-order valence-corrected chi connectivity index (χ2v) is 19.9. The highest BCUT2D eigenvalue weighted by Gasteiger charge is 2.42. The van der Waals surface area contributed by atoms with Crippen LogP contribution in [0.3, 0.4) is 0 Å². The van der Waals surface area contributed by atoms with E-state index in [0.29, 0.717) is 48.9 Å². The molecule has 6 aromatic rings. The summed E-state index contributed by atoms with van der Waals surface area (Å²) in [5.74, 6) is -0.872. The third-order valence-corrected chi connectivity index (χ3v) is 14.3. The molecule has 3 aromatic heterocycles. The maximum atomic E-state index is 14.3. The summed E-state index contributed by atoms with van der Waals surface area (Å²) in [7, 11) is 3.22. The second-order valence-electron chi connectivity index (χ2n) is 18.6. The first-order chi connectivity index (χ1) is 36.2. The van der Waals surface area contributed by atoms with Gasteiger partial charge in [0.15, 0.2) is 0 Å². The van der Waals surface area contributed by atoms with Crippen molar-refractivity contribution < 1.29 is 29.0 Å². The maximum Gasteiger partial charge on any atom is 0.274 e. The Morgan fingerprint density at radius 3 is 1.84 bits per heavy atom. The van der Waals surface area contributed by atoms with Crippen molar-refractivity contribution in [3.05, 3.63) is 202 Å². The average molecular weight is 1100 g/mol. The number of nitro groups is 2. The lowest BCUT2D eigenvalue weighted by atomic mass is 9.95. The Morgan fingerprint density at radius 1 is 0.707 bits per heavy atom. The molecule has 2 aliphatic heterocycles. The molecule has 19 nitrogen and oxygen atoms in total. The van der Waals surface area contributed by atoms with Crippen LogP contribution in [0.2, 0.25) is 5.02 Å². The number of nitrogens with one attached hydrogen (secondary N) is 1. The van der Waals surface area contributed by atoms with E-state index in [4.69, 9.17) is 16.6 Å². The van der Waals surface area contributed by atoms with Crippen molar-refractivity contribution >= 4 is 62.5 Å². The van der Waals surface area contributed by atoms with Gasteiger partial charge in [-0.1, -0.05) is 66.2 Å². The van der Waals surface area contributed by atoms with Crippen molar-refractivity contribution in [2.45, 2.75) is 56.9 Å². The van der Waals surface area contributed by atoms with Gasteiger partial charge in [0.25, 0.3) is 11.4 Å². The first-order valence-electron chi connectivity index (χ1n) is 24.4. The van der Waals surface area contributed by atoms with Crippen LogP contribution in [-0.4, -0.2) is 138 Å². The van der Waals surface area contributed by atoms with Crippen LogP contribution in [0.1, 0.15) is 50.7 Å². The van der Waals surface area contributed by atoms with Crippen molar-refractivity contribution in [3.8, 4) is 0 Å². The van der Waals surface area contributed by atoms with Crippen LogP contribution >= 0.6 is 27.5 Å². The lowest BCUT2D eigenvalue weighted by Crippen LogP contribution is -2.61. The molecule has 3 aromatic carbocycles. The molecule has 1 N–H and O–H groups in total. The van der Waals surface area contributed by atoms with E-state index in [9.17, 15) is 39.4 Å². The van der Waals surface area contributed by atoms with Crippen LogP contribution in [0.5, 0.6) is 0 Å². The van der Waals surface area contributed by atoms with Crippen molar-refractivity contribution in [2.75, 3.05) is 53.4 Å². The van der Waals surface area contributed by atoms with E-state index in [0.717, 1.165) is 50.8 Å². The summed E-state index contributed by atoms with van der Waals surface area (Å²) in [5, 5.41) is 26.7. The van der Waals surface area contributed by atoms with Crippen molar-refractivity contribution in [2.24, 2.45) is 0 Å². The molecule has 2 saturated heterocycles. The fourth-order valence-corrected chi connectivity index (χ4v) is 10.5. The number of aromatic nitrogens is 3. The number of pyridine rings is 3. The molecular formula is C54H55BrClN11O8. The highest BCUT2D eigenvalue weighted by molar-refractivity contribution is 9.10. The molecule has 3 aliphatic rings. The van der Waals surface area contributed by atoms with Crippen LogP contribution in [0, 0.1) is 20.2 Å². The van der Waals surface area contributed by atoms with E-state index in [-0.39, 0.29) is 73.5 Å². The average Bonchev–Trinajstić information content (AvgIpc) is 3.57. The lowest BCUT2D eigenvalue weighted by molar-refractivity contribution is -0.385. The van der Waals surface area contributed by atoms with Gasteiger partial charge in [0.2, 0.25) is 23.6 Å². The number of hydrogen-bond acceptors (Lipinski definition) is 13. The molecule has 1 aliphatic carbocycles. The van der Waals surface area contributed by atoms with Crippen LogP contribution in [-0.2, 0) is 58.0 Å². The van der Waals surface area contributed by atoms with E-state index in [1.807, 2.05) is 30.3 Å². The van der Waals surface area contributed by atoms with E-state index < -0.39 is 21.9 Å².